The van der Waals surface area contributed by atoms with E-state index in [4.69, 9.17) is 10.00 Å². The van der Waals surface area contributed by atoms with E-state index in [9.17, 15) is 18.3 Å². The van der Waals surface area contributed by atoms with Gasteiger partial charge in [-0.1, -0.05) is 0 Å². The largest absolute Gasteiger partial charge is 0.456 e. The molecule has 0 aliphatic rings. The van der Waals surface area contributed by atoms with Gasteiger partial charge in [0.1, 0.15) is 47.0 Å². The summed E-state index contributed by atoms with van der Waals surface area (Å²) in [4.78, 5) is 3.63. The maximum absolute atomic E-state index is 15.7. The molecule has 178 valence electrons. The van der Waals surface area contributed by atoms with Crippen LogP contribution in [0.25, 0.3) is 0 Å². The summed E-state index contributed by atoms with van der Waals surface area (Å²) in [5.41, 5.74) is -5.38. The summed E-state index contributed by atoms with van der Waals surface area (Å²) in [6.07, 6.45) is 1.82. The van der Waals surface area contributed by atoms with E-state index in [0.717, 1.165) is 41.5 Å². The molecule has 0 saturated heterocycles. The number of hydrogen-bond acceptors (Lipinski definition) is 7. The number of tetrazole rings is 1. The van der Waals surface area contributed by atoms with Crippen LogP contribution in [-0.4, -0.2) is 30.3 Å². The lowest BCUT2D eigenvalue weighted by atomic mass is 9.84. The number of halogens is 5. The minimum Gasteiger partial charge on any atom is -0.456 e. The molecule has 0 saturated carbocycles. The number of nitriles is 1. The van der Waals surface area contributed by atoms with Crippen LogP contribution in [0.2, 0.25) is 0 Å². The van der Waals surface area contributed by atoms with E-state index >= 15 is 8.78 Å². The Morgan fingerprint density at radius 3 is 2.37 bits per heavy atom. The van der Waals surface area contributed by atoms with Crippen molar-refractivity contribution in [2.45, 2.75) is 18.1 Å². The molecule has 1 atom stereocenters. The van der Waals surface area contributed by atoms with Gasteiger partial charge in [-0.3, -0.25) is 4.98 Å². The Morgan fingerprint density at radius 1 is 1.00 bits per heavy atom. The lowest BCUT2D eigenvalue weighted by Crippen LogP contribution is -2.48. The molecule has 13 heteroatoms. The Labute approximate surface area is 193 Å². The first-order chi connectivity index (χ1) is 16.6. The Morgan fingerprint density at radius 2 is 1.77 bits per heavy atom. The fraction of sp³-hybridized carbons (Fsp3) is 0.136. The van der Waals surface area contributed by atoms with E-state index in [-0.39, 0.29) is 17.1 Å². The summed E-state index contributed by atoms with van der Waals surface area (Å²) >= 11 is 0. The molecule has 0 radical (unpaired) electrons. The van der Waals surface area contributed by atoms with Gasteiger partial charge in [0.15, 0.2) is 5.60 Å². The smallest absolute Gasteiger partial charge is 0.323 e. The highest BCUT2D eigenvalue weighted by molar-refractivity contribution is 5.39. The Kier molecular flexibility index (Phi) is 6.14. The van der Waals surface area contributed by atoms with Gasteiger partial charge in [0.05, 0.1) is 18.3 Å². The van der Waals surface area contributed by atoms with E-state index in [0.29, 0.717) is 12.1 Å². The predicted octanol–water partition coefficient (Wildman–Crippen LogP) is 3.83. The van der Waals surface area contributed by atoms with Gasteiger partial charge in [0.25, 0.3) is 0 Å². The van der Waals surface area contributed by atoms with Crippen LogP contribution in [0.3, 0.4) is 0 Å². The number of aliphatic hydroxyl groups is 1. The monoisotopic (exact) mass is 488 g/mol. The normalized spacial score (nSPS) is 13.2. The summed E-state index contributed by atoms with van der Waals surface area (Å²) in [6, 6.07) is 8.73. The number of nitrogens with zero attached hydrogens (tertiary/aromatic N) is 6. The molecule has 4 rings (SSSR count). The van der Waals surface area contributed by atoms with Crippen LogP contribution < -0.4 is 4.74 Å². The number of aromatic nitrogens is 5. The topological polar surface area (TPSA) is 110 Å². The lowest BCUT2D eigenvalue weighted by Gasteiger charge is -2.35. The average Bonchev–Trinajstić information content (AvgIpc) is 3.32. The highest BCUT2D eigenvalue weighted by Crippen LogP contribution is 2.47. The minimum atomic E-state index is -4.24. The van der Waals surface area contributed by atoms with Crippen LogP contribution in [0.15, 0.2) is 61.1 Å². The molecule has 0 aliphatic carbocycles. The van der Waals surface area contributed by atoms with Crippen LogP contribution in [-0.2, 0) is 18.1 Å². The summed E-state index contributed by atoms with van der Waals surface area (Å²) in [7, 11) is 0. The van der Waals surface area contributed by atoms with Crippen LogP contribution in [0, 0.1) is 28.8 Å². The van der Waals surface area contributed by atoms with Crippen molar-refractivity contribution < 1.29 is 31.8 Å². The molecule has 0 spiro atoms. The average molecular weight is 488 g/mol. The number of rotatable bonds is 7. The molecule has 0 aliphatic heterocycles. The molecule has 0 amide bonds. The first-order valence-electron chi connectivity index (χ1n) is 9.74. The van der Waals surface area contributed by atoms with E-state index in [1.165, 1.54) is 12.1 Å². The number of alkyl halides is 2. The Balaban J connectivity index is 1.69. The molecule has 0 fully saturated rings. The zero-order chi connectivity index (χ0) is 25.2. The van der Waals surface area contributed by atoms with Crippen molar-refractivity contribution >= 4 is 0 Å². The number of ether oxygens (including phenoxy) is 1. The molecule has 2 aromatic heterocycles. The third kappa shape index (κ3) is 4.51. The van der Waals surface area contributed by atoms with Gasteiger partial charge in [0.2, 0.25) is 0 Å². The highest BCUT2D eigenvalue weighted by atomic mass is 19.3. The molecular weight excluding hydrogens is 475 g/mol. The van der Waals surface area contributed by atoms with Crippen LogP contribution in [0.4, 0.5) is 22.0 Å². The summed E-state index contributed by atoms with van der Waals surface area (Å²) in [5, 5.41) is 30.0. The van der Waals surface area contributed by atoms with Crippen molar-refractivity contribution in [3.8, 4) is 17.6 Å². The van der Waals surface area contributed by atoms with E-state index in [2.05, 4.69) is 20.5 Å². The first kappa shape index (κ1) is 23.7. The molecule has 0 bridgehead atoms. The summed E-state index contributed by atoms with van der Waals surface area (Å²) < 4.78 is 79.2. The van der Waals surface area contributed by atoms with Crippen LogP contribution in [0.1, 0.15) is 16.8 Å². The Hall–Kier alpha value is -4.44. The molecule has 2 aromatic carbocycles. The van der Waals surface area contributed by atoms with Crippen molar-refractivity contribution in [1.82, 2.24) is 25.2 Å². The predicted molar refractivity (Wildman–Crippen MR) is 107 cm³/mol. The van der Waals surface area contributed by atoms with Gasteiger partial charge in [0, 0.05) is 17.7 Å². The molecule has 35 heavy (non-hydrogen) atoms. The fourth-order valence-corrected chi connectivity index (χ4v) is 3.29. The summed E-state index contributed by atoms with van der Waals surface area (Å²) in [6.45, 7) is -1.000. The van der Waals surface area contributed by atoms with Gasteiger partial charge < -0.3 is 9.84 Å². The maximum Gasteiger partial charge on any atom is 0.323 e. The molecule has 2 heterocycles. The fourth-order valence-electron chi connectivity index (χ4n) is 3.29. The second-order valence-corrected chi connectivity index (χ2v) is 7.30. The van der Waals surface area contributed by atoms with Crippen molar-refractivity contribution in [1.29, 1.82) is 5.26 Å². The van der Waals surface area contributed by atoms with Gasteiger partial charge in [-0.25, -0.2) is 17.9 Å². The number of benzene rings is 2. The third-order valence-corrected chi connectivity index (χ3v) is 5.03. The molecular formula is C22H13F5N6O2. The SMILES string of the molecule is N#Cc1ccc(Oc2ccc(C(F)(F)C(O)(Cn3cnnn3)c3ccc(F)cc3F)nc2)cc1F. The van der Waals surface area contributed by atoms with Gasteiger partial charge >= 0.3 is 5.92 Å². The maximum atomic E-state index is 15.7. The summed E-state index contributed by atoms with van der Waals surface area (Å²) in [5.74, 6) is -7.61. The highest BCUT2D eigenvalue weighted by Gasteiger charge is 2.58. The van der Waals surface area contributed by atoms with Crippen molar-refractivity contribution in [3.63, 3.8) is 0 Å². The third-order valence-electron chi connectivity index (χ3n) is 5.03. The van der Waals surface area contributed by atoms with Gasteiger partial charge in [-0.05, 0) is 46.8 Å². The van der Waals surface area contributed by atoms with E-state index < -0.39 is 46.8 Å². The first-order valence-corrected chi connectivity index (χ1v) is 9.74. The van der Waals surface area contributed by atoms with E-state index in [1.54, 1.807) is 6.07 Å². The number of pyridine rings is 1. The zero-order valence-corrected chi connectivity index (χ0v) is 17.4. The molecule has 4 aromatic rings. The second-order valence-electron chi connectivity index (χ2n) is 7.30. The minimum absolute atomic E-state index is 0.0219. The van der Waals surface area contributed by atoms with Crippen molar-refractivity contribution in [3.05, 3.63) is 95.3 Å². The lowest BCUT2D eigenvalue weighted by molar-refractivity contribution is -0.207. The molecule has 1 unspecified atom stereocenters. The van der Waals surface area contributed by atoms with Crippen molar-refractivity contribution in [2.75, 3.05) is 0 Å². The second kappa shape index (κ2) is 9.07. The molecule has 1 N–H and O–H groups in total. The molecule has 8 nitrogen and oxygen atoms in total. The quantitative estimate of drug-likeness (QED) is 0.394. The van der Waals surface area contributed by atoms with Gasteiger partial charge in [-0.15, -0.1) is 5.10 Å². The van der Waals surface area contributed by atoms with Crippen LogP contribution >= 0.6 is 0 Å². The standard InChI is InChI=1S/C22H13F5N6O2/c23-14-2-5-17(19(25)7-14)21(34,11-33-12-30-31-32-33)22(26,27)20-6-4-16(10-29-20)35-15-3-1-13(9-28)18(24)8-15/h1-8,10,12,34H,11H2. The van der Waals surface area contributed by atoms with Gasteiger partial charge in [-0.2, -0.15) is 14.0 Å². The van der Waals surface area contributed by atoms with Crippen LogP contribution in [0.5, 0.6) is 11.5 Å². The Bertz CT molecular complexity index is 1390. The van der Waals surface area contributed by atoms with Crippen molar-refractivity contribution in [2.24, 2.45) is 0 Å². The number of hydrogen-bond donors (Lipinski definition) is 1. The van der Waals surface area contributed by atoms with E-state index in [1.807, 2.05) is 0 Å². The zero-order valence-electron chi connectivity index (χ0n) is 17.4.